The number of benzene rings is 1. The normalized spacial score (nSPS) is 10.5. The predicted octanol–water partition coefficient (Wildman–Crippen LogP) is 2.27. The highest BCUT2D eigenvalue weighted by atomic mass is 16.5. The van der Waals surface area contributed by atoms with Crippen LogP contribution in [0.3, 0.4) is 0 Å². The van der Waals surface area contributed by atoms with E-state index >= 15 is 0 Å². The molecular formula is C10H11NO2. The standard InChI is InChI=1S/C10H11NO2/c1-2-13-9-5-3-4-8-7(9)6-10(12)11-8/h3-6,11-12H,2H2,1H3. The minimum atomic E-state index is 0.169. The average molecular weight is 177 g/mol. The first kappa shape index (κ1) is 7.98. The van der Waals surface area contributed by atoms with Gasteiger partial charge >= 0.3 is 0 Å². The van der Waals surface area contributed by atoms with Crippen LogP contribution >= 0.6 is 0 Å². The highest BCUT2D eigenvalue weighted by Crippen LogP contribution is 2.28. The van der Waals surface area contributed by atoms with Crippen LogP contribution in [-0.2, 0) is 0 Å². The summed E-state index contributed by atoms with van der Waals surface area (Å²) in [6.07, 6.45) is 0. The Kier molecular flexibility index (Phi) is 1.85. The average Bonchev–Trinajstić information content (AvgIpc) is 2.47. The summed E-state index contributed by atoms with van der Waals surface area (Å²) in [6.45, 7) is 2.57. The van der Waals surface area contributed by atoms with Crippen molar-refractivity contribution >= 4 is 10.9 Å². The van der Waals surface area contributed by atoms with Crippen molar-refractivity contribution in [2.75, 3.05) is 6.61 Å². The van der Waals surface area contributed by atoms with E-state index in [9.17, 15) is 5.11 Å². The molecule has 1 aromatic carbocycles. The van der Waals surface area contributed by atoms with Gasteiger partial charge in [-0.05, 0) is 19.1 Å². The predicted molar refractivity (Wildman–Crippen MR) is 51.1 cm³/mol. The Balaban J connectivity index is 2.60. The first-order chi connectivity index (χ1) is 6.31. The molecule has 0 saturated carbocycles. The van der Waals surface area contributed by atoms with Gasteiger partial charge in [0, 0.05) is 11.5 Å². The molecule has 0 amide bonds. The molecule has 0 unspecified atom stereocenters. The molecule has 2 N–H and O–H groups in total. The summed E-state index contributed by atoms with van der Waals surface area (Å²) in [6, 6.07) is 7.35. The number of fused-ring (bicyclic) bond motifs is 1. The number of hydrogen-bond donors (Lipinski definition) is 2. The van der Waals surface area contributed by atoms with E-state index in [4.69, 9.17) is 4.74 Å². The second-order valence-electron chi connectivity index (χ2n) is 2.80. The molecule has 1 aromatic heterocycles. The van der Waals surface area contributed by atoms with Gasteiger partial charge in [-0.15, -0.1) is 0 Å². The third-order valence-corrected chi connectivity index (χ3v) is 1.91. The fraction of sp³-hybridized carbons (Fsp3) is 0.200. The van der Waals surface area contributed by atoms with Crippen molar-refractivity contribution < 1.29 is 9.84 Å². The van der Waals surface area contributed by atoms with Crippen LogP contribution in [0, 0.1) is 0 Å². The van der Waals surface area contributed by atoms with E-state index in [2.05, 4.69) is 4.98 Å². The lowest BCUT2D eigenvalue weighted by Crippen LogP contribution is -1.90. The molecule has 0 atom stereocenters. The number of hydrogen-bond acceptors (Lipinski definition) is 2. The minimum absolute atomic E-state index is 0.169. The lowest BCUT2D eigenvalue weighted by Gasteiger charge is -2.02. The number of aromatic amines is 1. The second kappa shape index (κ2) is 3.01. The van der Waals surface area contributed by atoms with Crippen molar-refractivity contribution in [2.45, 2.75) is 6.92 Å². The van der Waals surface area contributed by atoms with Crippen molar-refractivity contribution in [3.63, 3.8) is 0 Å². The third kappa shape index (κ3) is 1.33. The number of aromatic nitrogens is 1. The maximum absolute atomic E-state index is 9.24. The monoisotopic (exact) mass is 177 g/mol. The lowest BCUT2D eigenvalue weighted by atomic mass is 10.2. The van der Waals surface area contributed by atoms with E-state index in [1.165, 1.54) is 0 Å². The van der Waals surface area contributed by atoms with E-state index in [-0.39, 0.29) is 5.88 Å². The lowest BCUT2D eigenvalue weighted by molar-refractivity contribution is 0.344. The van der Waals surface area contributed by atoms with E-state index in [1.807, 2.05) is 25.1 Å². The number of H-pyrrole nitrogens is 1. The molecule has 2 rings (SSSR count). The van der Waals surface area contributed by atoms with E-state index in [0.29, 0.717) is 6.61 Å². The second-order valence-corrected chi connectivity index (χ2v) is 2.80. The van der Waals surface area contributed by atoms with Crippen molar-refractivity contribution in [1.82, 2.24) is 4.98 Å². The van der Waals surface area contributed by atoms with Gasteiger partial charge in [0.2, 0.25) is 0 Å². The zero-order valence-electron chi connectivity index (χ0n) is 7.37. The van der Waals surface area contributed by atoms with Crippen LogP contribution < -0.4 is 4.74 Å². The molecule has 13 heavy (non-hydrogen) atoms. The molecule has 2 aromatic rings. The number of rotatable bonds is 2. The maximum Gasteiger partial charge on any atom is 0.189 e. The zero-order chi connectivity index (χ0) is 9.26. The van der Waals surface area contributed by atoms with Gasteiger partial charge in [-0.3, -0.25) is 0 Å². The summed E-state index contributed by atoms with van der Waals surface area (Å²) >= 11 is 0. The number of aromatic hydroxyl groups is 1. The molecule has 68 valence electrons. The van der Waals surface area contributed by atoms with Crippen molar-refractivity contribution in [1.29, 1.82) is 0 Å². The zero-order valence-corrected chi connectivity index (χ0v) is 7.37. The topological polar surface area (TPSA) is 45.2 Å². The fourth-order valence-electron chi connectivity index (χ4n) is 1.39. The smallest absolute Gasteiger partial charge is 0.189 e. The Bertz CT molecular complexity index is 420. The van der Waals surface area contributed by atoms with E-state index in [0.717, 1.165) is 16.7 Å². The van der Waals surface area contributed by atoms with Crippen molar-refractivity contribution in [3.05, 3.63) is 24.3 Å². The van der Waals surface area contributed by atoms with Crippen LogP contribution in [-0.4, -0.2) is 16.7 Å². The first-order valence-corrected chi connectivity index (χ1v) is 4.24. The van der Waals surface area contributed by atoms with Gasteiger partial charge in [0.1, 0.15) is 5.75 Å². The Hall–Kier alpha value is -1.64. The molecule has 1 heterocycles. The molecule has 0 saturated heterocycles. The summed E-state index contributed by atoms with van der Waals surface area (Å²) in [7, 11) is 0. The Morgan fingerprint density at radius 3 is 3.08 bits per heavy atom. The first-order valence-electron chi connectivity index (χ1n) is 4.24. The highest BCUT2D eigenvalue weighted by Gasteiger charge is 2.04. The Morgan fingerprint density at radius 2 is 2.31 bits per heavy atom. The Morgan fingerprint density at radius 1 is 1.46 bits per heavy atom. The highest BCUT2D eigenvalue weighted by molar-refractivity contribution is 5.87. The van der Waals surface area contributed by atoms with Crippen LogP contribution in [0.1, 0.15) is 6.92 Å². The summed E-state index contributed by atoms with van der Waals surface area (Å²) in [5.41, 5.74) is 0.892. The molecule has 0 bridgehead atoms. The molecule has 0 fully saturated rings. The van der Waals surface area contributed by atoms with Gasteiger partial charge in [-0.2, -0.15) is 0 Å². The molecule has 0 radical (unpaired) electrons. The van der Waals surface area contributed by atoms with Crippen LogP contribution in [0.5, 0.6) is 11.6 Å². The summed E-state index contributed by atoms with van der Waals surface area (Å²) < 4.78 is 5.40. The SMILES string of the molecule is CCOc1cccc2[nH]c(O)cc12. The van der Waals surface area contributed by atoms with Crippen LogP contribution in [0.4, 0.5) is 0 Å². The maximum atomic E-state index is 9.24. The van der Waals surface area contributed by atoms with Crippen LogP contribution in [0.15, 0.2) is 24.3 Å². The summed E-state index contributed by atoms with van der Waals surface area (Å²) in [4.78, 5) is 2.83. The van der Waals surface area contributed by atoms with Gasteiger partial charge in [0.05, 0.1) is 12.1 Å². The number of nitrogens with one attached hydrogen (secondary N) is 1. The van der Waals surface area contributed by atoms with E-state index < -0.39 is 0 Å². The molecule has 3 heteroatoms. The van der Waals surface area contributed by atoms with Crippen molar-refractivity contribution in [3.8, 4) is 11.6 Å². The fourth-order valence-corrected chi connectivity index (χ4v) is 1.39. The van der Waals surface area contributed by atoms with Gasteiger partial charge in [-0.25, -0.2) is 0 Å². The molecule has 0 aliphatic rings. The Labute approximate surface area is 76.0 Å². The third-order valence-electron chi connectivity index (χ3n) is 1.91. The van der Waals surface area contributed by atoms with Gasteiger partial charge in [0.15, 0.2) is 5.88 Å². The van der Waals surface area contributed by atoms with Crippen LogP contribution in [0.2, 0.25) is 0 Å². The van der Waals surface area contributed by atoms with Crippen LogP contribution in [0.25, 0.3) is 10.9 Å². The largest absolute Gasteiger partial charge is 0.495 e. The molecule has 0 aliphatic carbocycles. The minimum Gasteiger partial charge on any atom is -0.495 e. The summed E-state index contributed by atoms with van der Waals surface area (Å²) in [5, 5.41) is 10.2. The molecule has 0 aliphatic heterocycles. The summed E-state index contributed by atoms with van der Waals surface area (Å²) in [5.74, 6) is 0.971. The van der Waals surface area contributed by atoms with Crippen molar-refractivity contribution in [2.24, 2.45) is 0 Å². The molecule has 0 spiro atoms. The number of ether oxygens (including phenoxy) is 1. The van der Waals surface area contributed by atoms with Gasteiger partial charge in [0.25, 0.3) is 0 Å². The molecular weight excluding hydrogens is 166 g/mol. The van der Waals surface area contributed by atoms with Gasteiger partial charge in [-0.1, -0.05) is 6.07 Å². The van der Waals surface area contributed by atoms with Gasteiger partial charge < -0.3 is 14.8 Å². The quantitative estimate of drug-likeness (QED) is 0.739. The van der Waals surface area contributed by atoms with E-state index in [1.54, 1.807) is 6.07 Å². The molecule has 3 nitrogen and oxygen atoms in total.